The van der Waals surface area contributed by atoms with Gasteiger partial charge >= 0.3 is 0 Å². The standard InChI is InChI=1S/C15H10Cl4N2O2S/c1-23-13-9(4-8(17)5-11(13)19)14(22)21-15(24)20-12-6-7(16)2-3-10(12)18/h2-6H,1H3,(H2,20,21,22,24). The first kappa shape index (κ1) is 19.1. The molecule has 0 spiro atoms. The van der Waals surface area contributed by atoms with Crippen molar-refractivity contribution in [2.45, 2.75) is 0 Å². The molecule has 0 aliphatic carbocycles. The van der Waals surface area contributed by atoms with Crippen molar-refractivity contribution in [2.24, 2.45) is 0 Å². The van der Waals surface area contributed by atoms with Gasteiger partial charge in [-0.1, -0.05) is 46.4 Å². The minimum Gasteiger partial charge on any atom is -0.494 e. The van der Waals surface area contributed by atoms with Gasteiger partial charge in [-0.15, -0.1) is 0 Å². The zero-order valence-electron chi connectivity index (χ0n) is 12.1. The number of hydrogen-bond acceptors (Lipinski definition) is 3. The topological polar surface area (TPSA) is 50.4 Å². The number of hydrogen-bond donors (Lipinski definition) is 2. The van der Waals surface area contributed by atoms with Gasteiger partial charge in [0.05, 0.1) is 28.4 Å². The molecule has 2 aromatic carbocycles. The maximum Gasteiger partial charge on any atom is 0.261 e. The summed E-state index contributed by atoms with van der Waals surface area (Å²) in [4.78, 5) is 12.4. The van der Waals surface area contributed by atoms with Crippen LogP contribution in [0, 0.1) is 0 Å². The second-order valence-electron chi connectivity index (χ2n) is 4.50. The van der Waals surface area contributed by atoms with Crippen molar-refractivity contribution in [1.29, 1.82) is 0 Å². The van der Waals surface area contributed by atoms with Gasteiger partial charge in [-0.3, -0.25) is 10.1 Å². The molecule has 0 saturated heterocycles. The number of nitrogens with one attached hydrogen (secondary N) is 2. The molecule has 0 aliphatic heterocycles. The fraction of sp³-hybridized carbons (Fsp3) is 0.0667. The Kier molecular flexibility index (Phi) is 6.54. The molecule has 2 N–H and O–H groups in total. The lowest BCUT2D eigenvalue weighted by Crippen LogP contribution is -2.34. The number of carbonyl (C=O) groups excluding carboxylic acids is 1. The molecule has 0 aliphatic rings. The van der Waals surface area contributed by atoms with Gasteiger partial charge in [0.25, 0.3) is 5.91 Å². The molecule has 0 aromatic heterocycles. The third-order valence-corrected chi connectivity index (χ3v) is 4.13. The highest BCUT2D eigenvalue weighted by atomic mass is 35.5. The Labute approximate surface area is 164 Å². The molecule has 4 nitrogen and oxygen atoms in total. The first-order chi connectivity index (χ1) is 11.3. The van der Waals surface area contributed by atoms with E-state index in [-0.39, 0.29) is 21.4 Å². The van der Waals surface area contributed by atoms with Crippen molar-refractivity contribution < 1.29 is 9.53 Å². The number of ether oxygens (including phenoxy) is 1. The number of amides is 1. The summed E-state index contributed by atoms with van der Waals surface area (Å²) in [7, 11) is 1.40. The smallest absolute Gasteiger partial charge is 0.261 e. The average molecular weight is 424 g/mol. The highest BCUT2D eigenvalue weighted by Crippen LogP contribution is 2.32. The van der Waals surface area contributed by atoms with Crippen LogP contribution in [0.1, 0.15) is 10.4 Å². The van der Waals surface area contributed by atoms with Crippen LogP contribution in [0.4, 0.5) is 5.69 Å². The van der Waals surface area contributed by atoms with Gasteiger partial charge in [0, 0.05) is 10.0 Å². The van der Waals surface area contributed by atoms with E-state index in [0.717, 1.165) is 0 Å². The highest BCUT2D eigenvalue weighted by molar-refractivity contribution is 7.80. The second kappa shape index (κ2) is 8.23. The summed E-state index contributed by atoms with van der Waals surface area (Å²) < 4.78 is 5.13. The lowest BCUT2D eigenvalue weighted by atomic mass is 10.2. The second-order valence-corrected chi connectivity index (χ2v) is 6.60. The number of halogens is 4. The molecule has 0 radical (unpaired) electrons. The van der Waals surface area contributed by atoms with Crippen LogP contribution < -0.4 is 15.4 Å². The molecular weight excluding hydrogens is 414 g/mol. The third-order valence-electron chi connectivity index (χ3n) is 2.86. The number of carbonyl (C=O) groups is 1. The lowest BCUT2D eigenvalue weighted by Gasteiger charge is -2.13. The summed E-state index contributed by atoms with van der Waals surface area (Å²) in [6, 6.07) is 7.72. The minimum absolute atomic E-state index is 0.0299. The van der Waals surface area contributed by atoms with Crippen LogP contribution in [0.2, 0.25) is 20.1 Å². The summed E-state index contributed by atoms with van der Waals surface area (Å²) in [6.07, 6.45) is 0. The van der Waals surface area contributed by atoms with Crippen LogP contribution in [0.15, 0.2) is 30.3 Å². The summed E-state index contributed by atoms with van der Waals surface area (Å²) in [6.45, 7) is 0. The predicted octanol–water partition coefficient (Wildman–Crippen LogP) is 5.44. The van der Waals surface area contributed by atoms with Crippen LogP contribution in [-0.4, -0.2) is 18.1 Å². The van der Waals surface area contributed by atoms with Crippen molar-refractivity contribution in [3.63, 3.8) is 0 Å². The Morgan fingerprint density at radius 2 is 1.75 bits per heavy atom. The molecule has 0 atom stereocenters. The van der Waals surface area contributed by atoms with E-state index in [1.807, 2.05) is 0 Å². The van der Waals surface area contributed by atoms with Crippen LogP contribution >= 0.6 is 58.6 Å². The van der Waals surface area contributed by atoms with Gasteiger partial charge in [0.2, 0.25) is 0 Å². The quantitative estimate of drug-likeness (QED) is 0.645. The molecule has 2 rings (SSSR count). The number of methoxy groups -OCH3 is 1. The first-order valence-corrected chi connectivity index (χ1v) is 8.34. The van der Waals surface area contributed by atoms with E-state index in [0.29, 0.717) is 20.8 Å². The van der Waals surface area contributed by atoms with Gasteiger partial charge in [-0.25, -0.2) is 0 Å². The molecule has 0 unspecified atom stereocenters. The fourth-order valence-corrected chi connectivity index (χ4v) is 2.96. The predicted molar refractivity (Wildman–Crippen MR) is 103 cm³/mol. The maximum atomic E-state index is 12.4. The van der Waals surface area contributed by atoms with Gasteiger partial charge in [0.15, 0.2) is 5.11 Å². The molecule has 0 heterocycles. The summed E-state index contributed by atoms with van der Waals surface area (Å²) in [5.74, 6) is -0.339. The Morgan fingerprint density at radius 1 is 1.04 bits per heavy atom. The van der Waals surface area contributed by atoms with Crippen LogP contribution in [0.25, 0.3) is 0 Å². The monoisotopic (exact) mass is 422 g/mol. The van der Waals surface area contributed by atoms with Crippen LogP contribution in [0.3, 0.4) is 0 Å². The van der Waals surface area contributed by atoms with Gasteiger partial charge in [-0.05, 0) is 42.5 Å². The van der Waals surface area contributed by atoms with E-state index in [1.165, 1.54) is 19.2 Å². The van der Waals surface area contributed by atoms with E-state index < -0.39 is 5.91 Å². The van der Waals surface area contributed by atoms with E-state index in [9.17, 15) is 4.79 Å². The summed E-state index contributed by atoms with van der Waals surface area (Å²) in [5, 5.41) is 6.71. The number of anilines is 1. The van der Waals surface area contributed by atoms with Crippen molar-refractivity contribution in [3.05, 3.63) is 56.0 Å². The molecule has 24 heavy (non-hydrogen) atoms. The zero-order valence-corrected chi connectivity index (χ0v) is 16.0. The lowest BCUT2D eigenvalue weighted by molar-refractivity contribution is 0.0975. The molecule has 2 aromatic rings. The molecule has 0 bridgehead atoms. The summed E-state index contributed by atoms with van der Waals surface area (Å²) in [5.41, 5.74) is 0.613. The van der Waals surface area contributed by atoms with Crippen molar-refractivity contribution in [1.82, 2.24) is 5.32 Å². The first-order valence-electron chi connectivity index (χ1n) is 6.42. The molecular formula is C15H10Cl4N2O2S. The van der Waals surface area contributed by atoms with E-state index >= 15 is 0 Å². The fourth-order valence-electron chi connectivity index (χ4n) is 1.85. The van der Waals surface area contributed by atoms with Gasteiger partial charge < -0.3 is 10.1 Å². The third kappa shape index (κ3) is 4.65. The van der Waals surface area contributed by atoms with E-state index in [2.05, 4.69) is 10.6 Å². The molecule has 9 heteroatoms. The SMILES string of the molecule is COc1c(Cl)cc(Cl)cc1C(=O)NC(=S)Nc1cc(Cl)ccc1Cl. The Bertz CT molecular complexity index is 814. The number of benzene rings is 2. The number of thiocarbonyl (C=S) groups is 1. The van der Waals surface area contributed by atoms with Crippen molar-refractivity contribution >= 4 is 75.3 Å². The summed E-state index contributed by atoms with van der Waals surface area (Å²) >= 11 is 29.0. The Balaban J connectivity index is 2.18. The largest absolute Gasteiger partial charge is 0.494 e. The van der Waals surface area contributed by atoms with Crippen LogP contribution in [0.5, 0.6) is 5.75 Å². The Morgan fingerprint density at radius 3 is 2.42 bits per heavy atom. The molecule has 1 amide bonds. The van der Waals surface area contributed by atoms with Crippen molar-refractivity contribution in [2.75, 3.05) is 12.4 Å². The van der Waals surface area contributed by atoms with Gasteiger partial charge in [-0.2, -0.15) is 0 Å². The minimum atomic E-state index is -0.535. The van der Waals surface area contributed by atoms with Crippen LogP contribution in [-0.2, 0) is 0 Å². The highest BCUT2D eigenvalue weighted by Gasteiger charge is 2.18. The maximum absolute atomic E-state index is 12.4. The molecule has 126 valence electrons. The molecule has 0 saturated carbocycles. The van der Waals surface area contributed by atoms with Gasteiger partial charge in [0.1, 0.15) is 5.75 Å². The number of rotatable bonds is 3. The van der Waals surface area contributed by atoms with Crippen molar-refractivity contribution in [3.8, 4) is 5.75 Å². The molecule has 0 fully saturated rings. The average Bonchev–Trinajstić information content (AvgIpc) is 2.50. The zero-order chi connectivity index (χ0) is 17.9. The van der Waals surface area contributed by atoms with E-state index in [4.69, 9.17) is 63.4 Å². The normalized spacial score (nSPS) is 10.2. The Hall–Kier alpha value is -1.24. The van der Waals surface area contributed by atoms with E-state index in [1.54, 1.807) is 18.2 Å².